The van der Waals surface area contributed by atoms with E-state index in [2.05, 4.69) is 29.6 Å². The monoisotopic (exact) mass is 378 g/mol. The van der Waals surface area contributed by atoms with Crippen LogP contribution in [0.5, 0.6) is 0 Å². The SMILES string of the molecule is N#Cc1ccc(-c2ccc3c(c2)CNCC3c2ccc(Cl)c(Cl)c2)cc1. The molecule has 1 atom stereocenters. The van der Waals surface area contributed by atoms with E-state index in [-0.39, 0.29) is 5.92 Å². The van der Waals surface area contributed by atoms with E-state index in [0.717, 1.165) is 24.2 Å². The van der Waals surface area contributed by atoms with Crippen LogP contribution < -0.4 is 5.32 Å². The summed E-state index contributed by atoms with van der Waals surface area (Å²) in [4.78, 5) is 0. The lowest BCUT2D eigenvalue weighted by atomic mass is 9.84. The van der Waals surface area contributed by atoms with Gasteiger partial charge in [0, 0.05) is 19.0 Å². The Kier molecular flexibility index (Phi) is 4.70. The van der Waals surface area contributed by atoms with Crippen LogP contribution >= 0.6 is 23.2 Å². The molecule has 26 heavy (non-hydrogen) atoms. The molecule has 3 aromatic rings. The van der Waals surface area contributed by atoms with E-state index in [1.54, 1.807) is 0 Å². The van der Waals surface area contributed by atoms with Crippen molar-refractivity contribution in [1.82, 2.24) is 5.32 Å². The van der Waals surface area contributed by atoms with Crippen LogP contribution in [0.3, 0.4) is 0 Å². The Morgan fingerprint density at radius 3 is 2.38 bits per heavy atom. The van der Waals surface area contributed by atoms with Crippen molar-refractivity contribution in [3.05, 3.63) is 93.0 Å². The average Bonchev–Trinajstić information content (AvgIpc) is 2.69. The lowest BCUT2D eigenvalue weighted by molar-refractivity contribution is 0.591. The third-order valence-electron chi connectivity index (χ3n) is 4.88. The van der Waals surface area contributed by atoms with Gasteiger partial charge in [0.25, 0.3) is 0 Å². The molecule has 0 saturated heterocycles. The summed E-state index contributed by atoms with van der Waals surface area (Å²) in [6.07, 6.45) is 0. The number of nitrogens with one attached hydrogen (secondary N) is 1. The minimum Gasteiger partial charge on any atom is -0.312 e. The third-order valence-corrected chi connectivity index (χ3v) is 5.61. The molecule has 4 heteroatoms. The van der Waals surface area contributed by atoms with Crippen molar-refractivity contribution in [2.75, 3.05) is 6.54 Å². The van der Waals surface area contributed by atoms with E-state index >= 15 is 0 Å². The van der Waals surface area contributed by atoms with Gasteiger partial charge in [-0.2, -0.15) is 5.26 Å². The van der Waals surface area contributed by atoms with E-state index in [1.165, 1.54) is 16.7 Å². The molecule has 4 rings (SSSR count). The zero-order valence-electron chi connectivity index (χ0n) is 14.0. The fraction of sp³-hybridized carbons (Fsp3) is 0.136. The lowest BCUT2D eigenvalue weighted by Crippen LogP contribution is -2.28. The number of nitriles is 1. The van der Waals surface area contributed by atoms with E-state index in [9.17, 15) is 0 Å². The zero-order valence-corrected chi connectivity index (χ0v) is 15.5. The van der Waals surface area contributed by atoms with E-state index < -0.39 is 0 Å². The predicted octanol–water partition coefficient (Wildman–Crippen LogP) is 5.77. The summed E-state index contributed by atoms with van der Waals surface area (Å²) in [5.74, 6) is 0.253. The highest BCUT2D eigenvalue weighted by atomic mass is 35.5. The summed E-state index contributed by atoms with van der Waals surface area (Å²) in [5, 5.41) is 13.6. The van der Waals surface area contributed by atoms with Gasteiger partial charge in [0.05, 0.1) is 21.7 Å². The number of hydrogen-bond acceptors (Lipinski definition) is 2. The van der Waals surface area contributed by atoms with Crippen LogP contribution in [0.1, 0.15) is 28.2 Å². The molecule has 1 heterocycles. The van der Waals surface area contributed by atoms with Crippen molar-refractivity contribution in [2.24, 2.45) is 0 Å². The van der Waals surface area contributed by atoms with Crippen molar-refractivity contribution in [3.63, 3.8) is 0 Å². The second-order valence-corrected chi connectivity index (χ2v) is 7.27. The number of fused-ring (bicyclic) bond motifs is 1. The first-order valence-corrected chi connectivity index (χ1v) is 9.20. The van der Waals surface area contributed by atoms with Crippen LogP contribution in [-0.2, 0) is 6.54 Å². The number of hydrogen-bond donors (Lipinski definition) is 1. The molecule has 0 bridgehead atoms. The molecule has 0 aliphatic carbocycles. The molecule has 0 spiro atoms. The fourth-order valence-electron chi connectivity index (χ4n) is 3.50. The molecular weight excluding hydrogens is 363 g/mol. The van der Waals surface area contributed by atoms with E-state index in [1.807, 2.05) is 42.5 Å². The van der Waals surface area contributed by atoms with Gasteiger partial charge in [0.1, 0.15) is 0 Å². The van der Waals surface area contributed by atoms with Crippen molar-refractivity contribution in [1.29, 1.82) is 5.26 Å². The molecule has 0 radical (unpaired) electrons. The minimum atomic E-state index is 0.253. The van der Waals surface area contributed by atoms with Crippen LogP contribution in [0.2, 0.25) is 10.0 Å². The normalized spacial score (nSPS) is 16.0. The molecule has 3 aromatic carbocycles. The molecule has 2 nitrogen and oxygen atoms in total. The Morgan fingerprint density at radius 1 is 0.885 bits per heavy atom. The molecule has 0 saturated carbocycles. The molecule has 128 valence electrons. The lowest BCUT2D eigenvalue weighted by Gasteiger charge is -2.27. The smallest absolute Gasteiger partial charge is 0.0991 e. The van der Waals surface area contributed by atoms with Crippen LogP contribution in [0.15, 0.2) is 60.7 Å². The quantitative estimate of drug-likeness (QED) is 0.614. The maximum absolute atomic E-state index is 8.96. The van der Waals surface area contributed by atoms with Crippen molar-refractivity contribution >= 4 is 23.2 Å². The summed E-state index contributed by atoms with van der Waals surface area (Å²) in [6.45, 7) is 1.72. The van der Waals surface area contributed by atoms with Crippen molar-refractivity contribution in [3.8, 4) is 17.2 Å². The van der Waals surface area contributed by atoms with Gasteiger partial charge in [-0.05, 0) is 58.1 Å². The number of nitrogens with zero attached hydrogens (tertiary/aromatic N) is 1. The first-order chi connectivity index (χ1) is 12.7. The number of benzene rings is 3. The Morgan fingerprint density at radius 2 is 1.65 bits per heavy atom. The van der Waals surface area contributed by atoms with Crippen molar-refractivity contribution < 1.29 is 0 Å². The first kappa shape index (κ1) is 17.1. The highest BCUT2D eigenvalue weighted by Gasteiger charge is 2.22. The summed E-state index contributed by atoms with van der Waals surface area (Å²) >= 11 is 12.3. The average molecular weight is 379 g/mol. The van der Waals surface area contributed by atoms with Gasteiger partial charge in [-0.15, -0.1) is 0 Å². The second kappa shape index (κ2) is 7.13. The summed E-state index contributed by atoms with van der Waals surface area (Å²) in [5.41, 5.74) is 6.72. The Bertz CT molecular complexity index is 1000. The molecule has 0 fully saturated rings. The zero-order chi connectivity index (χ0) is 18.1. The van der Waals surface area contributed by atoms with Gasteiger partial charge in [-0.3, -0.25) is 0 Å². The first-order valence-electron chi connectivity index (χ1n) is 8.45. The van der Waals surface area contributed by atoms with E-state index in [4.69, 9.17) is 28.5 Å². The largest absolute Gasteiger partial charge is 0.312 e. The standard InChI is InChI=1S/C22H16Cl2N2/c23-21-8-6-17(10-22(21)24)20-13-26-12-18-9-16(5-7-19(18)20)15-3-1-14(11-25)2-4-15/h1-10,20,26H,12-13H2. The summed E-state index contributed by atoms with van der Waals surface area (Å²) < 4.78 is 0. The Hall–Kier alpha value is -2.31. The maximum atomic E-state index is 8.96. The van der Waals surface area contributed by atoms with Gasteiger partial charge >= 0.3 is 0 Å². The molecule has 1 aliphatic heterocycles. The molecule has 1 N–H and O–H groups in total. The molecule has 1 unspecified atom stereocenters. The van der Waals surface area contributed by atoms with Gasteiger partial charge in [-0.1, -0.05) is 53.5 Å². The van der Waals surface area contributed by atoms with Gasteiger partial charge in [-0.25, -0.2) is 0 Å². The molecule has 0 amide bonds. The van der Waals surface area contributed by atoms with Crippen LogP contribution in [0.25, 0.3) is 11.1 Å². The Balaban J connectivity index is 1.71. The van der Waals surface area contributed by atoms with Crippen LogP contribution in [0.4, 0.5) is 0 Å². The van der Waals surface area contributed by atoms with Crippen LogP contribution in [-0.4, -0.2) is 6.54 Å². The van der Waals surface area contributed by atoms with Crippen molar-refractivity contribution in [2.45, 2.75) is 12.5 Å². The predicted molar refractivity (Wildman–Crippen MR) is 107 cm³/mol. The highest BCUT2D eigenvalue weighted by Crippen LogP contribution is 2.35. The summed E-state index contributed by atoms with van der Waals surface area (Å²) in [6, 6.07) is 22.3. The molecule has 1 aliphatic rings. The molecular formula is C22H16Cl2N2. The Labute approximate surface area is 163 Å². The topological polar surface area (TPSA) is 35.8 Å². The van der Waals surface area contributed by atoms with Gasteiger partial charge < -0.3 is 5.32 Å². The second-order valence-electron chi connectivity index (χ2n) is 6.46. The van der Waals surface area contributed by atoms with E-state index in [0.29, 0.717) is 15.6 Å². The number of rotatable bonds is 2. The maximum Gasteiger partial charge on any atom is 0.0991 e. The molecule has 0 aromatic heterocycles. The van der Waals surface area contributed by atoms with Gasteiger partial charge in [0.2, 0.25) is 0 Å². The summed E-state index contributed by atoms with van der Waals surface area (Å²) in [7, 11) is 0. The number of halogens is 2. The van der Waals surface area contributed by atoms with Crippen LogP contribution in [0, 0.1) is 11.3 Å². The highest BCUT2D eigenvalue weighted by molar-refractivity contribution is 6.42. The minimum absolute atomic E-state index is 0.253. The third kappa shape index (κ3) is 3.22. The fourth-order valence-corrected chi connectivity index (χ4v) is 3.81. The van der Waals surface area contributed by atoms with Gasteiger partial charge in [0.15, 0.2) is 0 Å².